The van der Waals surface area contributed by atoms with Gasteiger partial charge >= 0.3 is 0 Å². The van der Waals surface area contributed by atoms with Crippen LogP contribution in [-0.2, 0) is 6.42 Å². The van der Waals surface area contributed by atoms with Gasteiger partial charge in [0.25, 0.3) is 0 Å². The second-order valence-electron chi connectivity index (χ2n) is 3.97. The second kappa shape index (κ2) is 6.12. The third-order valence-electron chi connectivity index (χ3n) is 2.55. The molecule has 0 saturated carbocycles. The molecule has 0 saturated heterocycles. The van der Waals surface area contributed by atoms with Crippen LogP contribution in [-0.4, -0.2) is 6.54 Å². The van der Waals surface area contributed by atoms with E-state index in [0.717, 1.165) is 30.0 Å². The summed E-state index contributed by atoms with van der Waals surface area (Å²) in [6.45, 7) is 0.364. The van der Waals surface area contributed by atoms with Gasteiger partial charge in [-0.3, -0.25) is 0 Å². The minimum Gasteiger partial charge on any atom is -0.330 e. The Balaban J connectivity index is 2.34. The van der Waals surface area contributed by atoms with Gasteiger partial charge in [0, 0.05) is 4.90 Å². The first kappa shape index (κ1) is 14.0. The van der Waals surface area contributed by atoms with Gasteiger partial charge in [0.2, 0.25) is 0 Å². The van der Waals surface area contributed by atoms with Gasteiger partial charge in [0.05, 0.1) is 4.90 Å². The molecule has 19 heavy (non-hydrogen) atoms. The number of hydrogen-bond donors (Lipinski definition) is 1. The van der Waals surface area contributed by atoms with Gasteiger partial charge in [-0.25, -0.2) is 13.2 Å². The van der Waals surface area contributed by atoms with Crippen LogP contribution in [0.2, 0.25) is 0 Å². The Labute approximate surface area is 113 Å². The van der Waals surface area contributed by atoms with Crippen LogP contribution in [0.1, 0.15) is 5.56 Å². The van der Waals surface area contributed by atoms with E-state index in [9.17, 15) is 13.2 Å². The highest BCUT2D eigenvalue weighted by molar-refractivity contribution is 7.99. The fraction of sp³-hybridized carbons (Fsp3) is 0.143. The number of halogens is 3. The molecule has 0 bridgehead atoms. The fourth-order valence-corrected chi connectivity index (χ4v) is 2.67. The zero-order valence-electron chi connectivity index (χ0n) is 10.00. The molecule has 0 atom stereocenters. The molecule has 2 aromatic carbocycles. The number of hydrogen-bond acceptors (Lipinski definition) is 2. The molecule has 2 N–H and O–H groups in total. The summed E-state index contributed by atoms with van der Waals surface area (Å²) in [5, 5.41) is 0. The average Bonchev–Trinajstić information content (AvgIpc) is 2.37. The number of benzene rings is 2. The molecule has 0 amide bonds. The lowest BCUT2D eigenvalue weighted by Gasteiger charge is -2.09. The molecule has 2 aromatic rings. The maximum Gasteiger partial charge on any atom is 0.137 e. The predicted molar refractivity (Wildman–Crippen MR) is 69.6 cm³/mol. The molecular weight excluding hydrogens is 271 g/mol. The lowest BCUT2D eigenvalue weighted by atomic mass is 10.1. The van der Waals surface area contributed by atoms with E-state index < -0.39 is 11.6 Å². The first-order chi connectivity index (χ1) is 9.10. The van der Waals surface area contributed by atoms with Gasteiger partial charge < -0.3 is 5.73 Å². The Morgan fingerprint density at radius 3 is 2.32 bits per heavy atom. The maximum absolute atomic E-state index is 13.6. The minimum absolute atomic E-state index is 0.171. The van der Waals surface area contributed by atoms with E-state index in [1.807, 2.05) is 0 Å². The highest BCUT2D eigenvalue weighted by Crippen LogP contribution is 2.33. The van der Waals surface area contributed by atoms with Crippen molar-refractivity contribution in [2.24, 2.45) is 5.73 Å². The first-order valence-corrected chi connectivity index (χ1v) is 6.53. The maximum atomic E-state index is 13.6. The van der Waals surface area contributed by atoms with E-state index in [2.05, 4.69) is 0 Å². The van der Waals surface area contributed by atoms with Crippen molar-refractivity contribution in [1.82, 2.24) is 0 Å². The van der Waals surface area contributed by atoms with Crippen molar-refractivity contribution >= 4 is 11.8 Å². The van der Waals surface area contributed by atoms with E-state index in [1.165, 1.54) is 12.1 Å². The number of rotatable bonds is 4. The molecule has 0 unspecified atom stereocenters. The van der Waals surface area contributed by atoms with E-state index in [0.29, 0.717) is 23.4 Å². The number of nitrogens with two attached hydrogens (primary N) is 1. The SMILES string of the molecule is NCCc1cc(F)ccc1Sc1cc(F)ccc1F. The van der Waals surface area contributed by atoms with Crippen molar-refractivity contribution in [3.05, 3.63) is 59.4 Å². The van der Waals surface area contributed by atoms with E-state index >= 15 is 0 Å². The van der Waals surface area contributed by atoms with Gasteiger partial charge in [-0.05, 0) is 54.9 Å². The van der Waals surface area contributed by atoms with Crippen LogP contribution in [0.3, 0.4) is 0 Å². The molecule has 100 valence electrons. The molecule has 0 aromatic heterocycles. The molecule has 0 spiro atoms. The van der Waals surface area contributed by atoms with Crippen molar-refractivity contribution in [3.8, 4) is 0 Å². The van der Waals surface area contributed by atoms with Crippen molar-refractivity contribution < 1.29 is 13.2 Å². The molecule has 2 rings (SSSR count). The van der Waals surface area contributed by atoms with Crippen LogP contribution in [0.5, 0.6) is 0 Å². The predicted octanol–water partition coefficient (Wildman–Crippen LogP) is 3.76. The average molecular weight is 283 g/mol. The largest absolute Gasteiger partial charge is 0.330 e. The summed E-state index contributed by atoms with van der Waals surface area (Å²) in [5.41, 5.74) is 6.15. The lowest BCUT2D eigenvalue weighted by Crippen LogP contribution is -2.04. The third kappa shape index (κ3) is 3.52. The normalized spacial score (nSPS) is 10.7. The Morgan fingerprint density at radius 2 is 1.58 bits per heavy atom. The highest BCUT2D eigenvalue weighted by atomic mass is 32.2. The van der Waals surface area contributed by atoms with Crippen molar-refractivity contribution in [2.45, 2.75) is 16.2 Å². The van der Waals surface area contributed by atoms with Crippen LogP contribution < -0.4 is 5.73 Å². The standard InChI is InChI=1S/C14H12F3NS/c15-10-2-4-13(9(7-10)5-6-18)19-14-8-11(16)1-3-12(14)17/h1-4,7-8H,5-6,18H2. The smallest absolute Gasteiger partial charge is 0.137 e. The van der Waals surface area contributed by atoms with Crippen molar-refractivity contribution in [1.29, 1.82) is 0 Å². The summed E-state index contributed by atoms with van der Waals surface area (Å²) >= 11 is 1.07. The van der Waals surface area contributed by atoms with Gasteiger partial charge in [-0.2, -0.15) is 0 Å². The second-order valence-corrected chi connectivity index (χ2v) is 5.05. The molecule has 5 heteroatoms. The van der Waals surface area contributed by atoms with Gasteiger partial charge in [-0.15, -0.1) is 0 Å². The summed E-state index contributed by atoms with van der Waals surface area (Å²) < 4.78 is 39.8. The Kier molecular flexibility index (Phi) is 4.50. The van der Waals surface area contributed by atoms with Crippen LogP contribution in [0, 0.1) is 17.5 Å². The summed E-state index contributed by atoms with van der Waals surface area (Å²) in [7, 11) is 0. The molecule has 0 heterocycles. The fourth-order valence-electron chi connectivity index (χ4n) is 1.67. The quantitative estimate of drug-likeness (QED) is 0.924. The van der Waals surface area contributed by atoms with Crippen molar-refractivity contribution in [3.63, 3.8) is 0 Å². The highest BCUT2D eigenvalue weighted by Gasteiger charge is 2.10. The van der Waals surface area contributed by atoms with Crippen LogP contribution in [0.15, 0.2) is 46.2 Å². The Hall–Kier alpha value is -1.46. The lowest BCUT2D eigenvalue weighted by molar-refractivity contribution is 0.577. The molecule has 1 nitrogen and oxygen atoms in total. The topological polar surface area (TPSA) is 26.0 Å². The minimum atomic E-state index is -0.508. The van der Waals surface area contributed by atoms with E-state index in [-0.39, 0.29) is 10.7 Å². The van der Waals surface area contributed by atoms with E-state index in [1.54, 1.807) is 6.07 Å². The van der Waals surface area contributed by atoms with Gasteiger partial charge in [0.15, 0.2) is 0 Å². The van der Waals surface area contributed by atoms with Crippen LogP contribution in [0.25, 0.3) is 0 Å². The zero-order chi connectivity index (χ0) is 13.8. The Bertz CT molecular complexity index is 587. The zero-order valence-corrected chi connectivity index (χ0v) is 10.8. The molecule has 0 aliphatic rings. The summed E-state index contributed by atoms with van der Waals surface area (Å²) in [6, 6.07) is 7.46. The van der Waals surface area contributed by atoms with Crippen LogP contribution >= 0.6 is 11.8 Å². The molecule has 0 radical (unpaired) electrons. The summed E-state index contributed by atoms with van der Waals surface area (Å²) in [6.07, 6.45) is 0.483. The van der Waals surface area contributed by atoms with E-state index in [4.69, 9.17) is 5.73 Å². The first-order valence-electron chi connectivity index (χ1n) is 5.71. The molecular formula is C14H12F3NS. The van der Waals surface area contributed by atoms with Crippen LogP contribution in [0.4, 0.5) is 13.2 Å². The molecule has 0 aliphatic heterocycles. The monoisotopic (exact) mass is 283 g/mol. The summed E-state index contributed by atoms with van der Waals surface area (Å²) in [5.74, 6) is -1.38. The molecule has 0 aliphatic carbocycles. The van der Waals surface area contributed by atoms with Gasteiger partial charge in [-0.1, -0.05) is 11.8 Å². The van der Waals surface area contributed by atoms with Gasteiger partial charge in [0.1, 0.15) is 17.5 Å². The summed E-state index contributed by atoms with van der Waals surface area (Å²) in [4.78, 5) is 0.848. The Morgan fingerprint density at radius 1 is 0.895 bits per heavy atom. The third-order valence-corrected chi connectivity index (χ3v) is 3.70. The van der Waals surface area contributed by atoms with Crippen molar-refractivity contribution in [2.75, 3.05) is 6.54 Å². The molecule has 0 fully saturated rings.